The fraction of sp³-hybridized carbons (Fsp3) is 0. The minimum Gasteiger partial charge on any atom is -0.477 e. The predicted molar refractivity (Wildman–Crippen MR) is 81.2 cm³/mol. The van der Waals surface area contributed by atoms with Crippen molar-refractivity contribution in [2.75, 3.05) is 4.72 Å². The van der Waals surface area contributed by atoms with Crippen LogP contribution in [0.3, 0.4) is 0 Å². The summed E-state index contributed by atoms with van der Waals surface area (Å²) >= 11 is 9.91. The molecular formula is C11H7BrClNO4S2. The fourth-order valence-corrected chi connectivity index (χ4v) is 4.46. The lowest BCUT2D eigenvalue weighted by molar-refractivity contribution is 0.0702. The molecule has 9 heteroatoms. The highest BCUT2D eigenvalue weighted by molar-refractivity contribution is 9.10. The molecule has 0 aliphatic carbocycles. The first-order valence-electron chi connectivity index (χ1n) is 5.10. The molecule has 0 atom stereocenters. The summed E-state index contributed by atoms with van der Waals surface area (Å²) in [6.45, 7) is 0. The van der Waals surface area contributed by atoms with Gasteiger partial charge in [-0.05, 0) is 30.3 Å². The van der Waals surface area contributed by atoms with Gasteiger partial charge in [0.1, 0.15) is 14.8 Å². The molecule has 0 saturated carbocycles. The summed E-state index contributed by atoms with van der Waals surface area (Å²) in [7, 11) is -3.86. The van der Waals surface area contributed by atoms with Crippen LogP contribution in [0.1, 0.15) is 9.67 Å². The maximum absolute atomic E-state index is 12.2. The van der Waals surface area contributed by atoms with E-state index < -0.39 is 16.0 Å². The van der Waals surface area contributed by atoms with E-state index in [9.17, 15) is 13.2 Å². The molecule has 0 bridgehead atoms. The highest BCUT2D eigenvalue weighted by atomic mass is 79.9. The van der Waals surface area contributed by atoms with Gasteiger partial charge in [0.2, 0.25) is 0 Å². The van der Waals surface area contributed by atoms with E-state index in [1.807, 2.05) is 0 Å². The summed E-state index contributed by atoms with van der Waals surface area (Å²) in [5, 5.41) is 9.08. The molecule has 1 aromatic carbocycles. The van der Waals surface area contributed by atoms with Crippen LogP contribution in [0.5, 0.6) is 0 Å². The van der Waals surface area contributed by atoms with Crippen molar-refractivity contribution in [3.8, 4) is 0 Å². The van der Waals surface area contributed by atoms with Crippen LogP contribution in [0.25, 0.3) is 0 Å². The van der Waals surface area contributed by atoms with Crippen LogP contribution in [-0.4, -0.2) is 19.5 Å². The molecule has 2 N–H and O–H groups in total. The molecule has 106 valence electrons. The Labute approximate surface area is 132 Å². The van der Waals surface area contributed by atoms with E-state index in [0.29, 0.717) is 4.47 Å². The van der Waals surface area contributed by atoms with E-state index in [2.05, 4.69) is 20.7 Å². The van der Waals surface area contributed by atoms with Gasteiger partial charge in [0, 0.05) is 4.47 Å². The van der Waals surface area contributed by atoms with Crippen molar-refractivity contribution >= 4 is 59.9 Å². The lowest BCUT2D eigenvalue weighted by Crippen LogP contribution is -2.12. The monoisotopic (exact) mass is 395 g/mol. The first kappa shape index (κ1) is 15.3. The molecule has 0 saturated heterocycles. The molecule has 0 unspecified atom stereocenters. The minimum absolute atomic E-state index is 0.0459. The van der Waals surface area contributed by atoms with Gasteiger partial charge in [0.25, 0.3) is 10.0 Å². The van der Waals surface area contributed by atoms with Crippen LogP contribution in [-0.2, 0) is 10.0 Å². The number of aromatic carboxylic acids is 1. The van der Waals surface area contributed by atoms with Crippen molar-refractivity contribution in [2.24, 2.45) is 0 Å². The Kier molecular flexibility index (Phi) is 4.38. The van der Waals surface area contributed by atoms with E-state index >= 15 is 0 Å². The van der Waals surface area contributed by atoms with E-state index in [4.69, 9.17) is 16.7 Å². The lowest BCUT2D eigenvalue weighted by Gasteiger charge is -2.07. The van der Waals surface area contributed by atoms with Gasteiger partial charge in [-0.15, -0.1) is 11.3 Å². The highest BCUT2D eigenvalue weighted by Gasteiger charge is 2.19. The zero-order chi connectivity index (χ0) is 14.9. The zero-order valence-electron chi connectivity index (χ0n) is 9.63. The number of hydrogen-bond donors (Lipinski definition) is 2. The second-order valence-electron chi connectivity index (χ2n) is 3.65. The number of carboxylic acids is 1. The summed E-state index contributed by atoms with van der Waals surface area (Å²) in [5.74, 6) is -1.11. The molecule has 2 rings (SSSR count). The van der Waals surface area contributed by atoms with Gasteiger partial charge in [-0.3, -0.25) is 4.72 Å². The molecule has 1 heterocycles. The Morgan fingerprint density at radius 3 is 2.55 bits per heavy atom. The van der Waals surface area contributed by atoms with Gasteiger partial charge in [0.05, 0.1) is 5.02 Å². The van der Waals surface area contributed by atoms with Crippen LogP contribution >= 0.6 is 38.9 Å². The van der Waals surface area contributed by atoms with Crippen LogP contribution in [0.4, 0.5) is 5.00 Å². The van der Waals surface area contributed by atoms with E-state index in [0.717, 1.165) is 11.3 Å². The standard InChI is InChI=1S/C11H7BrClNO4S2/c12-6-1-3-9(7(13)5-6)20(17,18)14-10-4-2-8(19-10)11(15)16/h1-5,14H,(H,15,16). The third-order valence-corrected chi connectivity index (χ3v) is 5.69. The lowest BCUT2D eigenvalue weighted by atomic mass is 10.4. The molecule has 0 radical (unpaired) electrons. The Morgan fingerprint density at radius 1 is 1.30 bits per heavy atom. The predicted octanol–water partition coefficient (Wildman–Crippen LogP) is 3.66. The average molecular weight is 397 g/mol. The summed E-state index contributed by atoms with van der Waals surface area (Å²) in [6.07, 6.45) is 0. The van der Waals surface area contributed by atoms with Crippen LogP contribution < -0.4 is 4.72 Å². The Balaban J connectivity index is 2.33. The third kappa shape index (κ3) is 3.32. The largest absolute Gasteiger partial charge is 0.477 e. The maximum Gasteiger partial charge on any atom is 0.345 e. The summed E-state index contributed by atoms with van der Waals surface area (Å²) in [5.41, 5.74) is 0. The molecule has 0 amide bonds. The fourth-order valence-electron chi connectivity index (χ4n) is 1.39. The number of sulfonamides is 1. The maximum atomic E-state index is 12.2. The molecule has 5 nitrogen and oxygen atoms in total. The van der Waals surface area contributed by atoms with E-state index in [1.54, 1.807) is 6.07 Å². The third-order valence-electron chi connectivity index (χ3n) is 2.24. The topological polar surface area (TPSA) is 83.5 Å². The number of carbonyl (C=O) groups is 1. The quantitative estimate of drug-likeness (QED) is 0.826. The average Bonchev–Trinajstić information content (AvgIpc) is 2.76. The first-order valence-corrected chi connectivity index (χ1v) is 8.57. The van der Waals surface area contributed by atoms with Crippen molar-refractivity contribution in [2.45, 2.75) is 4.90 Å². The molecule has 0 spiro atoms. The molecular weight excluding hydrogens is 390 g/mol. The Morgan fingerprint density at radius 2 is 2.00 bits per heavy atom. The molecule has 20 heavy (non-hydrogen) atoms. The van der Waals surface area contributed by atoms with Gasteiger partial charge in [-0.1, -0.05) is 27.5 Å². The Hall–Kier alpha value is -1.09. The van der Waals surface area contributed by atoms with E-state index in [-0.39, 0.29) is 19.8 Å². The molecule has 0 fully saturated rings. The van der Waals surface area contributed by atoms with Crippen molar-refractivity contribution in [3.05, 3.63) is 44.7 Å². The van der Waals surface area contributed by atoms with Gasteiger partial charge >= 0.3 is 5.97 Å². The minimum atomic E-state index is -3.86. The number of halogens is 2. The van der Waals surface area contributed by atoms with Gasteiger partial charge in [-0.2, -0.15) is 0 Å². The van der Waals surface area contributed by atoms with Crippen LogP contribution in [0.15, 0.2) is 39.7 Å². The van der Waals surface area contributed by atoms with Crippen molar-refractivity contribution in [3.63, 3.8) is 0 Å². The van der Waals surface area contributed by atoms with Crippen LogP contribution in [0, 0.1) is 0 Å². The molecule has 2 aromatic rings. The van der Waals surface area contributed by atoms with E-state index in [1.165, 1.54) is 24.3 Å². The molecule has 0 aliphatic heterocycles. The number of nitrogens with one attached hydrogen (secondary N) is 1. The number of carboxylic acid groups (broad SMARTS) is 1. The number of rotatable bonds is 4. The smallest absolute Gasteiger partial charge is 0.345 e. The van der Waals surface area contributed by atoms with Crippen molar-refractivity contribution in [1.29, 1.82) is 0 Å². The normalized spacial score (nSPS) is 11.3. The van der Waals surface area contributed by atoms with Gasteiger partial charge in [0.15, 0.2) is 0 Å². The number of hydrogen-bond acceptors (Lipinski definition) is 4. The summed E-state index contributed by atoms with van der Waals surface area (Å²) in [4.78, 5) is 10.7. The molecule has 0 aliphatic rings. The summed E-state index contributed by atoms with van der Waals surface area (Å²) < 4.78 is 27.3. The van der Waals surface area contributed by atoms with Gasteiger partial charge < -0.3 is 5.11 Å². The van der Waals surface area contributed by atoms with Crippen LogP contribution in [0.2, 0.25) is 5.02 Å². The number of anilines is 1. The van der Waals surface area contributed by atoms with Crippen molar-refractivity contribution in [1.82, 2.24) is 0 Å². The summed E-state index contributed by atoms with van der Waals surface area (Å²) in [6, 6.07) is 7.09. The molecule has 1 aromatic heterocycles. The SMILES string of the molecule is O=C(O)c1ccc(NS(=O)(=O)c2ccc(Br)cc2Cl)s1. The number of thiophene rings is 1. The Bertz CT molecular complexity index is 772. The number of benzene rings is 1. The highest BCUT2D eigenvalue weighted by Crippen LogP contribution is 2.29. The second kappa shape index (κ2) is 5.72. The van der Waals surface area contributed by atoms with Gasteiger partial charge in [-0.25, -0.2) is 13.2 Å². The van der Waals surface area contributed by atoms with Crippen molar-refractivity contribution < 1.29 is 18.3 Å². The second-order valence-corrected chi connectivity index (χ2v) is 7.71. The first-order chi connectivity index (χ1) is 9.29. The zero-order valence-corrected chi connectivity index (χ0v) is 13.6.